The Morgan fingerprint density at radius 1 is 1.19 bits per heavy atom. The second-order valence-corrected chi connectivity index (χ2v) is 3.43. The van der Waals surface area contributed by atoms with Gasteiger partial charge in [-0.15, -0.1) is 0 Å². The molecule has 0 N–H and O–H groups in total. The first kappa shape index (κ1) is 10.5. The van der Waals surface area contributed by atoms with Crippen LogP contribution in [0.25, 0.3) is 11.4 Å². The summed E-state index contributed by atoms with van der Waals surface area (Å²) in [6.07, 6.45) is 3.40. The summed E-state index contributed by atoms with van der Waals surface area (Å²) in [4.78, 5) is 8.25. The zero-order chi connectivity index (χ0) is 11.5. The van der Waals surface area contributed by atoms with Crippen LogP contribution < -0.4 is 4.74 Å². The van der Waals surface area contributed by atoms with E-state index in [1.165, 1.54) is 13.2 Å². The number of hydrogen-bond acceptors (Lipinski definition) is 3. The summed E-state index contributed by atoms with van der Waals surface area (Å²) in [6, 6.07) is 4.66. The highest BCUT2D eigenvalue weighted by atomic mass is 19.1. The molecule has 0 amide bonds. The van der Waals surface area contributed by atoms with Gasteiger partial charge in [-0.2, -0.15) is 0 Å². The van der Waals surface area contributed by atoms with Gasteiger partial charge in [-0.05, 0) is 30.7 Å². The number of ether oxygens (including phenoxy) is 1. The molecule has 0 fully saturated rings. The van der Waals surface area contributed by atoms with E-state index in [-0.39, 0.29) is 5.75 Å². The van der Waals surface area contributed by atoms with Gasteiger partial charge in [0, 0.05) is 18.0 Å². The molecule has 0 saturated carbocycles. The number of aryl methyl sites for hydroxylation is 1. The Bertz CT molecular complexity index is 497. The van der Waals surface area contributed by atoms with Gasteiger partial charge in [0.05, 0.1) is 7.11 Å². The maximum Gasteiger partial charge on any atom is 0.165 e. The summed E-state index contributed by atoms with van der Waals surface area (Å²) in [5, 5.41) is 0. The number of benzene rings is 1. The Labute approximate surface area is 92.9 Å². The van der Waals surface area contributed by atoms with Crippen molar-refractivity contribution in [2.45, 2.75) is 6.92 Å². The van der Waals surface area contributed by atoms with Crippen LogP contribution in [0, 0.1) is 12.7 Å². The van der Waals surface area contributed by atoms with Crippen molar-refractivity contribution in [2.75, 3.05) is 7.11 Å². The fourth-order valence-electron chi connectivity index (χ4n) is 1.35. The molecule has 0 unspecified atom stereocenters. The van der Waals surface area contributed by atoms with Crippen LogP contribution in [0.3, 0.4) is 0 Å². The van der Waals surface area contributed by atoms with Gasteiger partial charge >= 0.3 is 0 Å². The van der Waals surface area contributed by atoms with E-state index in [2.05, 4.69) is 9.97 Å². The Hall–Kier alpha value is -1.97. The van der Waals surface area contributed by atoms with Crippen molar-refractivity contribution in [3.63, 3.8) is 0 Å². The van der Waals surface area contributed by atoms with Gasteiger partial charge in [0.25, 0.3) is 0 Å². The molecule has 82 valence electrons. The quantitative estimate of drug-likeness (QED) is 0.777. The molecule has 2 aromatic rings. The molecule has 4 heteroatoms. The van der Waals surface area contributed by atoms with E-state index in [4.69, 9.17) is 4.74 Å². The summed E-state index contributed by atoms with van der Waals surface area (Å²) < 4.78 is 18.3. The van der Waals surface area contributed by atoms with E-state index in [0.29, 0.717) is 11.4 Å². The normalized spacial score (nSPS) is 10.2. The van der Waals surface area contributed by atoms with Gasteiger partial charge in [-0.1, -0.05) is 0 Å². The Morgan fingerprint density at radius 3 is 2.44 bits per heavy atom. The molecule has 0 saturated heterocycles. The lowest BCUT2D eigenvalue weighted by Gasteiger charge is -2.04. The maximum absolute atomic E-state index is 13.4. The van der Waals surface area contributed by atoms with Crippen LogP contribution in [0.4, 0.5) is 4.39 Å². The highest BCUT2D eigenvalue weighted by Crippen LogP contribution is 2.22. The molecular formula is C12H11FN2O. The fraction of sp³-hybridized carbons (Fsp3) is 0.167. The molecule has 0 atom stereocenters. The molecule has 0 aliphatic heterocycles. The number of hydrogen-bond donors (Lipinski definition) is 0. The molecule has 1 heterocycles. The number of rotatable bonds is 2. The van der Waals surface area contributed by atoms with Gasteiger partial charge in [-0.25, -0.2) is 14.4 Å². The number of methoxy groups -OCH3 is 1. The summed E-state index contributed by atoms with van der Waals surface area (Å²) >= 11 is 0. The topological polar surface area (TPSA) is 35.0 Å². The average molecular weight is 218 g/mol. The predicted octanol–water partition coefficient (Wildman–Crippen LogP) is 2.60. The molecule has 0 bridgehead atoms. The third-order valence-electron chi connectivity index (χ3n) is 2.19. The molecule has 1 aromatic carbocycles. The van der Waals surface area contributed by atoms with Crippen LogP contribution in [-0.2, 0) is 0 Å². The van der Waals surface area contributed by atoms with Crippen molar-refractivity contribution in [3.05, 3.63) is 42.0 Å². The number of aromatic nitrogens is 2. The summed E-state index contributed by atoms with van der Waals surface area (Å²) in [5.74, 6) is 0.312. The van der Waals surface area contributed by atoms with E-state index in [9.17, 15) is 4.39 Å². The highest BCUT2D eigenvalue weighted by Gasteiger charge is 2.06. The minimum atomic E-state index is -0.413. The second-order valence-electron chi connectivity index (χ2n) is 3.43. The first-order valence-electron chi connectivity index (χ1n) is 4.83. The SMILES string of the molecule is COc1ccc(-c2ncc(C)cn2)cc1F. The van der Waals surface area contributed by atoms with Crippen LogP contribution in [-0.4, -0.2) is 17.1 Å². The Kier molecular flexibility index (Phi) is 2.81. The lowest BCUT2D eigenvalue weighted by atomic mass is 10.2. The van der Waals surface area contributed by atoms with E-state index in [0.717, 1.165) is 5.56 Å². The lowest BCUT2D eigenvalue weighted by Crippen LogP contribution is -1.92. The molecule has 1 aromatic heterocycles. The Morgan fingerprint density at radius 2 is 1.88 bits per heavy atom. The zero-order valence-electron chi connectivity index (χ0n) is 9.07. The monoisotopic (exact) mass is 218 g/mol. The van der Waals surface area contributed by atoms with E-state index < -0.39 is 5.82 Å². The molecule has 0 radical (unpaired) electrons. The number of nitrogens with zero attached hydrogens (tertiary/aromatic N) is 2. The third kappa shape index (κ3) is 2.00. The molecule has 16 heavy (non-hydrogen) atoms. The minimum Gasteiger partial charge on any atom is -0.494 e. The van der Waals surface area contributed by atoms with Crippen molar-refractivity contribution in [1.29, 1.82) is 0 Å². The highest BCUT2D eigenvalue weighted by molar-refractivity contribution is 5.56. The van der Waals surface area contributed by atoms with Gasteiger partial charge in [0.15, 0.2) is 17.4 Å². The predicted molar refractivity (Wildman–Crippen MR) is 58.7 cm³/mol. The molecule has 2 rings (SSSR count). The van der Waals surface area contributed by atoms with Crippen molar-refractivity contribution >= 4 is 0 Å². The third-order valence-corrected chi connectivity index (χ3v) is 2.19. The van der Waals surface area contributed by atoms with Crippen molar-refractivity contribution in [2.24, 2.45) is 0 Å². The lowest BCUT2D eigenvalue weighted by molar-refractivity contribution is 0.386. The van der Waals surface area contributed by atoms with Crippen LogP contribution in [0.2, 0.25) is 0 Å². The number of halogens is 1. The van der Waals surface area contributed by atoms with Crippen molar-refractivity contribution < 1.29 is 9.13 Å². The van der Waals surface area contributed by atoms with Crippen LogP contribution >= 0.6 is 0 Å². The van der Waals surface area contributed by atoms with E-state index in [1.807, 2.05) is 6.92 Å². The van der Waals surface area contributed by atoms with Crippen LogP contribution in [0.15, 0.2) is 30.6 Å². The first-order chi connectivity index (χ1) is 7.70. The zero-order valence-corrected chi connectivity index (χ0v) is 9.07. The maximum atomic E-state index is 13.4. The van der Waals surface area contributed by atoms with E-state index in [1.54, 1.807) is 24.5 Å². The van der Waals surface area contributed by atoms with Crippen molar-refractivity contribution in [1.82, 2.24) is 9.97 Å². The van der Waals surface area contributed by atoms with Gasteiger partial charge in [0.2, 0.25) is 0 Å². The average Bonchev–Trinajstić information content (AvgIpc) is 2.30. The Balaban J connectivity index is 2.41. The fourth-order valence-corrected chi connectivity index (χ4v) is 1.35. The van der Waals surface area contributed by atoms with E-state index >= 15 is 0 Å². The summed E-state index contributed by atoms with van der Waals surface area (Å²) in [6.45, 7) is 1.90. The van der Waals surface area contributed by atoms with Crippen LogP contribution in [0.5, 0.6) is 5.75 Å². The van der Waals surface area contributed by atoms with Crippen LogP contribution in [0.1, 0.15) is 5.56 Å². The minimum absolute atomic E-state index is 0.218. The first-order valence-corrected chi connectivity index (χ1v) is 4.83. The standard InChI is InChI=1S/C12H11FN2O/c1-8-6-14-12(15-7-8)9-3-4-11(16-2)10(13)5-9/h3-7H,1-2H3. The van der Waals surface area contributed by atoms with Crippen molar-refractivity contribution in [3.8, 4) is 17.1 Å². The molecular weight excluding hydrogens is 207 g/mol. The van der Waals surface area contributed by atoms with Gasteiger partial charge in [-0.3, -0.25) is 0 Å². The molecule has 3 nitrogen and oxygen atoms in total. The molecule has 0 spiro atoms. The summed E-state index contributed by atoms with van der Waals surface area (Å²) in [5.41, 5.74) is 1.61. The smallest absolute Gasteiger partial charge is 0.165 e. The van der Waals surface area contributed by atoms with Gasteiger partial charge in [0.1, 0.15) is 0 Å². The largest absolute Gasteiger partial charge is 0.494 e. The molecule has 0 aliphatic rings. The second kappa shape index (κ2) is 4.26. The van der Waals surface area contributed by atoms with Gasteiger partial charge < -0.3 is 4.74 Å². The summed E-state index contributed by atoms with van der Waals surface area (Å²) in [7, 11) is 1.43. The molecule has 0 aliphatic carbocycles.